The molecule has 1 fully saturated rings. The second-order valence-electron chi connectivity index (χ2n) is 6.77. The zero-order chi connectivity index (χ0) is 18.7. The summed E-state index contributed by atoms with van der Waals surface area (Å²) in [5.41, 5.74) is 1.34. The molecule has 0 aliphatic carbocycles. The molecule has 2 heterocycles. The molecular formula is C19H24N4O3. The molecule has 2 atom stereocenters. The third-order valence-electron chi connectivity index (χ3n) is 4.77. The lowest BCUT2D eigenvalue weighted by atomic mass is 9.97. The second-order valence-corrected chi connectivity index (χ2v) is 6.77. The van der Waals surface area contributed by atoms with E-state index in [2.05, 4.69) is 10.2 Å². The molecule has 7 heteroatoms. The van der Waals surface area contributed by atoms with Crippen molar-refractivity contribution < 1.29 is 14.3 Å². The molecule has 7 nitrogen and oxygen atoms in total. The van der Waals surface area contributed by atoms with Crippen LogP contribution in [0.3, 0.4) is 0 Å². The Morgan fingerprint density at radius 1 is 1.12 bits per heavy atom. The number of likely N-dealkylation sites (tertiary alicyclic amines) is 1. The van der Waals surface area contributed by atoms with Crippen LogP contribution < -0.4 is 0 Å². The van der Waals surface area contributed by atoms with Crippen molar-refractivity contribution >= 4 is 11.9 Å². The van der Waals surface area contributed by atoms with Gasteiger partial charge in [0.1, 0.15) is 0 Å². The van der Waals surface area contributed by atoms with Crippen LogP contribution in [-0.4, -0.2) is 50.5 Å². The monoisotopic (exact) mass is 356 g/mol. The summed E-state index contributed by atoms with van der Waals surface area (Å²) < 4.78 is 5.22. The highest BCUT2D eigenvalue weighted by molar-refractivity contribution is 5.90. The van der Waals surface area contributed by atoms with Crippen molar-refractivity contribution in [1.82, 2.24) is 19.9 Å². The lowest BCUT2D eigenvalue weighted by Gasteiger charge is -2.38. The van der Waals surface area contributed by atoms with Crippen LogP contribution in [0.1, 0.15) is 49.3 Å². The van der Waals surface area contributed by atoms with Gasteiger partial charge in [0.15, 0.2) is 12.3 Å². The average Bonchev–Trinajstić information content (AvgIpc) is 3.02. The maximum absolute atomic E-state index is 12.5. The number of hydrogen-bond donors (Lipinski definition) is 0. The lowest BCUT2D eigenvalue weighted by Crippen LogP contribution is -2.49. The van der Waals surface area contributed by atoms with Crippen LogP contribution in [0.15, 0.2) is 30.3 Å². The predicted octanol–water partition coefficient (Wildman–Crippen LogP) is 2.52. The quantitative estimate of drug-likeness (QED) is 0.787. The molecule has 2 unspecified atom stereocenters. The fourth-order valence-corrected chi connectivity index (χ4v) is 3.43. The van der Waals surface area contributed by atoms with Gasteiger partial charge < -0.3 is 9.64 Å². The summed E-state index contributed by atoms with van der Waals surface area (Å²) in [5, 5.41) is 8.46. The SMILES string of the molecule is Cc1nn(-c2ccccc2)nc1C(=O)OCC(=O)N1C(C)CCCC1C. The molecule has 1 saturated heterocycles. The smallest absolute Gasteiger partial charge is 0.361 e. The number of piperidine rings is 1. The molecule has 1 aliphatic rings. The Hall–Kier alpha value is -2.70. The predicted molar refractivity (Wildman–Crippen MR) is 96.0 cm³/mol. The van der Waals surface area contributed by atoms with Crippen LogP contribution >= 0.6 is 0 Å². The minimum atomic E-state index is -0.629. The van der Waals surface area contributed by atoms with Gasteiger partial charge in [0, 0.05) is 12.1 Å². The molecule has 1 aromatic heterocycles. The van der Waals surface area contributed by atoms with Crippen molar-refractivity contribution in [3.05, 3.63) is 41.7 Å². The normalized spacial score (nSPS) is 20.0. The Bertz CT molecular complexity index is 777. The van der Waals surface area contributed by atoms with Gasteiger partial charge in [-0.15, -0.1) is 5.10 Å². The third kappa shape index (κ3) is 3.76. The van der Waals surface area contributed by atoms with Crippen LogP contribution in [0.4, 0.5) is 0 Å². The molecule has 2 aromatic rings. The zero-order valence-electron chi connectivity index (χ0n) is 15.4. The van der Waals surface area contributed by atoms with Crippen molar-refractivity contribution in [3.8, 4) is 5.69 Å². The van der Waals surface area contributed by atoms with E-state index in [-0.39, 0.29) is 30.3 Å². The number of carbonyl (C=O) groups is 2. The number of amides is 1. The number of aryl methyl sites for hydroxylation is 1. The molecule has 0 saturated carbocycles. The van der Waals surface area contributed by atoms with E-state index < -0.39 is 5.97 Å². The number of esters is 1. The summed E-state index contributed by atoms with van der Waals surface area (Å²) >= 11 is 0. The molecule has 3 rings (SSSR count). The molecule has 1 amide bonds. The zero-order valence-corrected chi connectivity index (χ0v) is 15.4. The molecule has 0 spiro atoms. The van der Waals surface area contributed by atoms with Crippen LogP contribution in [0, 0.1) is 6.92 Å². The van der Waals surface area contributed by atoms with Crippen molar-refractivity contribution in [2.24, 2.45) is 0 Å². The van der Waals surface area contributed by atoms with Crippen LogP contribution in [0.25, 0.3) is 5.69 Å². The number of carbonyl (C=O) groups excluding carboxylic acids is 2. The average molecular weight is 356 g/mol. The fourth-order valence-electron chi connectivity index (χ4n) is 3.43. The summed E-state index contributed by atoms with van der Waals surface area (Å²) in [5.74, 6) is -0.790. The van der Waals surface area contributed by atoms with E-state index >= 15 is 0 Å². The maximum Gasteiger partial charge on any atom is 0.361 e. The second kappa shape index (κ2) is 7.68. The third-order valence-corrected chi connectivity index (χ3v) is 4.77. The Morgan fingerprint density at radius 2 is 1.77 bits per heavy atom. The van der Waals surface area contributed by atoms with E-state index in [0.717, 1.165) is 24.9 Å². The van der Waals surface area contributed by atoms with E-state index in [9.17, 15) is 9.59 Å². The van der Waals surface area contributed by atoms with E-state index in [1.165, 1.54) is 4.80 Å². The van der Waals surface area contributed by atoms with Gasteiger partial charge in [0.05, 0.1) is 11.4 Å². The minimum absolute atomic E-state index is 0.126. The maximum atomic E-state index is 12.5. The minimum Gasteiger partial charge on any atom is -0.451 e. The van der Waals surface area contributed by atoms with Crippen molar-refractivity contribution in [3.63, 3.8) is 0 Å². The number of rotatable bonds is 4. The van der Waals surface area contributed by atoms with E-state index in [4.69, 9.17) is 4.74 Å². The van der Waals surface area contributed by atoms with E-state index in [1.807, 2.05) is 49.1 Å². The summed E-state index contributed by atoms with van der Waals surface area (Å²) in [6, 6.07) is 9.66. The molecule has 26 heavy (non-hydrogen) atoms. The van der Waals surface area contributed by atoms with Gasteiger partial charge >= 0.3 is 5.97 Å². The number of hydrogen-bond acceptors (Lipinski definition) is 5. The highest BCUT2D eigenvalue weighted by Gasteiger charge is 2.30. The van der Waals surface area contributed by atoms with E-state index in [1.54, 1.807) is 6.92 Å². The first-order valence-corrected chi connectivity index (χ1v) is 8.95. The summed E-state index contributed by atoms with van der Waals surface area (Å²) in [7, 11) is 0. The molecule has 138 valence electrons. The number of aromatic nitrogens is 3. The first-order valence-electron chi connectivity index (χ1n) is 8.95. The number of ether oxygens (including phenoxy) is 1. The van der Waals surface area contributed by atoms with Gasteiger partial charge in [-0.1, -0.05) is 18.2 Å². The molecule has 0 radical (unpaired) electrons. The van der Waals surface area contributed by atoms with Gasteiger partial charge in [0.2, 0.25) is 0 Å². The largest absolute Gasteiger partial charge is 0.451 e. The van der Waals surface area contributed by atoms with Gasteiger partial charge in [-0.05, 0) is 52.2 Å². The highest BCUT2D eigenvalue weighted by atomic mass is 16.5. The number of para-hydroxylation sites is 1. The summed E-state index contributed by atoms with van der Waals surface area (Å²) in [6.07, 6.45) is 3.08. The Balaban J connectivity index is 1.65. The van der Waals surface area contributed by atoms with Crippen molar-refractivity contribution in [2.75, 3.05) is 6.61 Å². The lowest BCUT2D eigenvalue weighted by molar-refractivity contribution is -0.140. The number of nitrogens with zero attached hydrogens (tertiary/aromatic N) is 4. The summed E-state index contributed by atoms with van der Waals surface area (Å²) in [6.45, 7) is 5.49. The molecule has 0 bridgehead atoms. The van der Waals surface area contributed by atoms with E-state index in [0.29, 0.717) is 5.69 Å². The Kier molecular flexibility index (Phi) is 5.35. The van der Waals surface area contributed by atoms with Gasteiger partial charge in [-0.3, -0.25) is 4.79 Å². The standard InChI is InChI=1S/C19H24N4O3/c1-13-8-7-9-14(2)22(13)17(24)12-26-19(25)18-15(3)20-23(21-18)16-10-5-4-6-11-16/h4-6,10-11,13-14H,7-9,12H2,1-3H3. The van der Waals surface area contributed by atoms with Crippen LogP contribution in [0.2, 0.25) is 0 Å². The fraction of sp³-hybridized carbons (Fsp3) is 0.474. The molecule has 0 N–H and O–H groups in total. The first kappa shape index (κ1) is 18.1. The van der Waals surface area contributed by atoms with Gasteiger partial charge in [0.25, 0.3) is 5.91 Å². The van der Waals surface area contributed by atoms with Crippen LogP contribution in [0.5, 0.6) is 0 Å². The Morgan fingerprint density at radius 3 is 2.42 bits per heavy atom. The summed E-state index contributed by atoms with van der Waals surface area (Å²) in [4.78, 5) is 28.0. The Labute approximate surface area is 152 Å². The number of benzene rings is 1. The topological polar surface area (TPSA) is 77.3 Å². The first-order chi connectivity index (χ1) is 12.5. The molecular weight excluding hydrogens is 332 g/mol. The highest BCUT2D eigenvalue weighted by Crippen LogP contribution is 2.22. The van der Waals surface area contributed by atoms with Gasteiger partial charge in [-0.25, -0.2) is 4.79 Å². The molecule has 1 aromatic carbocycles. The van der Waals surface area contributed by atoms with Crippen molar-refractivity contribution in [2.45, 2.75) is 52.1 Å². The van der Waals surface area contributed by atoms with Crippen LogP contribution in [-0.2, 0) is 9.53 Å². The molecule has 1 aliphatic heterocycles. The van der Waals surface area contributed by atoms with Gasteiger partial charge in [-0.2, -0.15) is 9.90 Å². The van der Waals surface area contributed by atoms with Crippen molar-refractivity contribution in [1.29, 1.82) is 0 Å².